The van der Waals surface area contributed by atoms with Crippen molar-refractivity contribution in [2.45, 2.75) is 44.8 Å². The van der Waals surface area contributed by atoms with Crippen molar-refractivity contribution in [2.75, 3.05) is 49.1 Å². The average molecular weight is 771 g/mol. The molecule has 2 saturated heterocycles. The Morgan fingerprint density at radius 1 is 0.796 bits per heavy atom. The topological polar surface area (TPSA) is 225 Å². The van der Waals surface area contributed by atoms with E-state index in [0.717, 1.165) is 22.2 Å². The molecule has 23 heteroatoms. The molecule has 4 atom stereocenters. The fraction of sp³-hybridized carbons (Fsp3) is 0.484. The molecule has 2 fully saturated rings. The second-order valence-electron chi connectivity index (χ2n) is 12.2. The number of fused-ring (bicyclic) bond motifs is 4. The largest absolute Gasteiger partial charge is 0.477 e. The van der Waals surface area contributed by atoms with Crippen LogP contribution in [0.5, 0.6) is 0 Å². The maximum Gasteiger partial charge on any atom is 0.390 e. The summed E-state index contributed by atoms with van der Waals surface area (Å²) in [5, 5.41) is 20.5. The Morgan fingerprint density at radius 2 is 1.28 bits per heavy atom. The molecule has 0 spiro atoms. The van der Waals surface area contributed by atoms with Crippen LogP contribution in [0.4, 0.5) is 38.0 Å². The molecule has 17 nitrogen and oxygen atoms in total. The van der Waals surface area contributed by atoms with Crippen LogP contribution in [0.2, 0.25) is 0 Å². The number of H-pyrrole nitrogens is 2. The third-order valence-corrected chi connectivity index (χ3v) is 8.65. The number of aromatic nitrogens is 6. The van der Waals surface area contributed by atoms with Crippen molar-refractivity contribution in [1.29, 1.82) is 0 Å². The Labute approximate surface area is 302 Å². The van der Waals surface area contributed by atoms with Crippen LogP contribution in [0.15, 0.2) is 47.5 Å². The lowest BCUT2D eigenvalue weighted by Crippen LogP contribution is -2.38. The molecule has 4 aliphatic rings. The summed E-state index contributed by atoms with van der Waals surface area (Å²) in [5.74, 6) is -0.668. The van der Waals surface area contributed by atoms with Crippen LogP contribution < -0.4 is 20.9 Å². The van der Waals surface area contributed by atoms with E-state index >= 15 is 0 Å². The second-order valence-corrected chi connectivity index (χ2v) is 12.2. The van der Waals surface area contributed by atoms with Gasteiger partial charge in [-0.1, -0.05) is 17.7 Å². The van der Waals surface area contributed by atoms with Gasteiger partial charge in [0.15, 0.2) is 23.6 Å². The number of nitrogens with one attached hydrogen (secondary N) is 3. The molecule has 0 aliphatic carbocycles. The van der Waals surface area contributed by atoms with E-state index in [-0.39, 0.29) is 49.4 Å². The van der Waals surface area contributed by atoms with Crippen molar-refractivity contribution in [3.63, 3.8) is 0 Å². The number of hydrogen-bond acceptors (Lipinski definition) is 13. The zero-order valence-corrected chi connectivity index (χ0v) is 27.4. The Bertz CT molecular complexity index is 2000. The number of halogens is 6. The number of hydrogen-bond donors (Lipinski definition) is 5. The highest BCUT2D eigenvalue weighted by Crippen LogP contribution is 2.34. The van der Waals surface area contributed by atoms with Crippen LogP contribution in [-0.2, 0) is 19.3 Å². The van der Waals surface area contributed by atoms with Gasteiger partial charge in [-0.05, 0) is 12.1 Å². The summed E-state index contributed by atoms with van der Waals surface area (Å²) < 4.78 is 69.6. The summed E-state index contributed by atoms with van der Waals surface area (Å²) in [4.78, 5) is 60.7. The van der Waals surface area contributed by atoms with Crippen molar-refractivity contribution in [2.24, 2.45) is 27.9 Å². The smallest absolute Gasteiger partial charge is 0.390 e. The molecule has 8 rings (SSSR count). The zero-order chi connectivity index (χ0) is 37.9. The number of carbonyl (C=O) groups is 2. The first kappa shape index (κ1) is 39.5. The van der Waals surface area contributed by atoms with Gasteiger partial charge in [-0.15, -0.1) is 0 Å². The Hall–Kier alpha value is -5.74. The van der Waals surface area contributed by atoms with Gasteiger partial charge in [-0.25, -0.2) is 24.7 Å². The molecule has 1 amide bonds. The van der Waals surface area contributed by atoms with Crippen molar-refractivity contribution < 1.29 is 50.7 Å². The number of aromatic amines is 2. The average Bonchev–Trinajstić information content (AvgIpc) is 3.92. The summed E-state index contributed by atoms with van der Waals surface area (Å²) in [5.41, 5.74) is 6.28. The first-order chi connectivity index (χ1) is 25.2. The molecule has 8 heterocycles. The predicted octanol–water partition coefficient (Wildman–Crippen LogP) is 2.98. The lowest BCUT2D eigenvalue weighted by Gasteiger charge is -2.18. The number of carbonyl (C=O) groups excluding carboxylic acids is 1. The number of anilines is 2. The Balaban J connectivity index is 0.000000178. The lowest BCUT2D eigenvalue weighted by atomic mass is 10.0. The third kappa shape index (κ3) is 8.89. The first-order valence-corrected chi connectivity index (χ1v) is 16.1. The number of rotatable bonds is 7. The van der Waals surface area contributed by atoms with Gasteiger partial charge in [0.2, 0.25) is 0 Å². The number of carboxylic acid groups (broad SMARTS) is 1. The summed E-state index contributed by atoms with van der Waals surface area (Å²) in [6.07, 6.45) is -4.40. The number of nitrogens with zero attached hydrogens (tertiary/aromatic N) is 8. The minimum absolute atomic E-state index is 0. The molecule has 292 valence electrons. The molecular formula is C31H36F6N12O5. The Morgan fingerprint density at radius 3 is 1.72 bits per heavy atom. The van der Waals surface area contributed by atoms with Gasteiger partial charge in [0.05, 0.1) is 48.5 Å². The number of carboxylic acids is 1. The van der Waals surface area contributed by atoms with Crippen LogP contribution >= 0.6 is 0 Å². The molecule has 0 bridgehead atoms. The van der Waals surface area contributed by atoms with Gasteiger partial charge in [-0.2, -0.15) is 26.3 Å². The van der Waals surface area contributed by atoms with Crippen molar-refractivity contribution in [3.05, 3.63) is 37.2 Å². The van der Waals surface area contributed by atoms with Gasteiger partial charge < -0.3 is 45.6 Å². The van der Waals surface area contributed by atoms with E-state index in [9.17, 15) is 35.9 Å². The van der Waals surface area contributed by atoms with E-state index in [1.54, 1.807) is 12.4 Å². The third-order valence-electron chi connectivity index (χ3n) is 8.65. The minimum atomic E-state index is -4.32. The minimum Gasteiger partial charge on any atom is -0.477 e. The van der Waals surface area contributed by atoms with Crippen LogP contribution in [0.3, 0.4) is 0 Å². The first-order valence-electron chi connectivity index (χ1n) is 16.1. The number of amides is 1. The predicted molar refractivity (Wildman–Crippen MR) is 182 cm³/mol. The quantitative estimate of drug-likeness (QED) is 0.171. The number of oxime groups is 2. The number of alkyl halides is 6. The van der Waals surface area contributed by atoms with E-state index in [1.165, 1.54) is 12.7 Å². The summed E-state index contributed by atoms with van der Waals surface area (Å²) in [6, 6.07) is 3.77. The number of nitrogens with two attached hydrogens (primary N) is 1. The maximum atomic E-state index is 12.2. The van der Waals surface area contributed by atoms with Gasteiger partial charge in [0.25, 0.3) is 5.91 Å². The van der Waals surface area contributed by atoms with E-state index in [2.05, 4.69) is 51.3 Å². The Kier molecular flexibility index (Phi) is 11.8. The maximum absolute atomic E-state index is 12.2. The van der Waals surface area contributed by atoms with Crippen molar-refractivity contribution in [1.82, 2.24) is 35.2 Å². The zero-order valence-electron chi connectivity index (χ0n) is 27.4. The van der Waals surface area contributed by atoms with E-state index in [1.807, 2.05) is 21.9 Å². The molecule has 4 aliphatic heterocycles. The molecule has 0 saturated carbocycles. The number of aliphatic carboxylic acids is 1. The highest BCUT2D eigenvalue weighted by molar-refractivity contribution is 6.40. The monoisotopic (exact) mass is 770 g/mol. The molecule has 0 radical (unpaired) electrons. The normalized spacial score (nSPS) is 21.4. The van der Waals surface area contributed by atoms with Crippen LogP contribution in [0, 0.1) is 11.8 Å². The molecule has 4 aromatic rings. The SMILES string of the molecule is C.NCCC(F)(F)F.O=C(NCCC(F)(F)F)C1=NOC2CN(c3ncnc4[nH]ccc34)CC12.O=C(O)C1=NOC2CN(c3ncnc4[nH]ccc34)CC12. The molecule has 4 unspecified atom stereocenters. The van der Waals surface area contributed by atoms with E-state index < -0.39 is 43.6 Å². The standard InChI is InChI=1S/C15H15F3N6O2.C12H11N5O3.C3H6F3N.CH4/c16-15(17,18)2-4-20-14(25)11-9-5-24(6-10(9)26-23-11)13-8-1-3-19-12(8)21-7-22-13;18-12(19)9-7-3-17(4-8(7)20-16-9)11-6-1-2-13-10(6)14-5-15-11;4-3(5,6)1-2-7;/h1,3,7,9-10H,2,4-6H2,(H,20,25)(H,19,21,22);1-2,5,7-8H,3-4H2,(H,18,19)(H,13,14,15);1-2,7H2;1H4. The van der Waals surface area contributed by atoms with Gasteiger partial charge in [0.1, 0.15) is 35.6 Å². The molecule has 54 heavy (non-hydrogen) atoms. The van der Waals surface area contributed by atoms with Crippen molar-refractivity contribution in [3.8, 4) is 0 Å². The van der Waals surface area contributed by atoms with Gasteiger partial charge in [0, 0.05) is 38.6 Å². The summed E-state index contributed by atoms with van der Waals surface area (Å²) in [6.45, 7) is 1.22. The van der Waals surface area contributed by atoms with Crippen LogP contribution in [0.25, 0.3) is 22.1 Å². The highest BCUT2D eigenvalue weighted by atomic mass is 19.4. The second kappa shape index (κ2) is 16.1. The van der Waals surface area contributed by atoms with Gasteiger partial charge in [-0.3, -0.25) is 4.79 Å². The van der Waals surface area contributed by atoms with E-state index in [4.69, 9.17) is 14.8 Å². The van der Waals surface area contributed by atoms with E-state index in [0.29, 0.717) is 37.6 Å². The molecular weight excluding hydrogens is 734 g/mol. The lowest BCUT2D eigenvalue weighted by molar-refractivity contribution is -0.135. The van der Waals surface area contributed by atoms with Crippen LogP contribution in [0.1, 0.15) is 20.3 Å². The van der Waals surface area contributed by atoms with Gasteiger partial charge >= 0.3 is 18.3 Å². The summed E-state index contributed by atoms with van der Waals surface area (Å²) in [7, 11) is 0. The molecule has 6 N–H and O–H groups in total. The molecule has 0 aromatic carbocycles. The van der Waals surface area contributed by atoms with Crippen molar-refractivity contribution >= 4 is 57.0 Å². The molecule has 4 aromatic heterocycles. The highest BCUT2D eigenvalue weighted by Gasteiger charge is 2.47. The fourth-order valence-corrected chi connectivity index (χ4v) is 6.22. The van der Waals surface area contributed by atoms with Crippen LogP contribution in [-0.4, -0.2) is 122 Å². The fourth-order valence-electron chi connectivity index (χ4n) is 6.22. The summed E-state index contributed by atoms with van der Waals surface area (Å²) >= 11 is 0.